The third-order valence-electron chi connectivity index (χ3n) is 4.05. The van der Waals surface area contributed by atoms with Gasteiger partial charge in [0.1, 0.15) is 8.24 Å². The van der Waals surface area contributed by atoms with E-state index in [9.17, 15) is 4.79 Å². The number of carbonyl (C=O) groups is 1. The number of nitrogens with zero attached hydrogens (tertiary/aromatic N) is 1. The normalized spacial score (nSPS) is 12.7. The lowest BCUT2D eigenvalue weighted by atomic mass is 10.3. The summed E-state index contributed by atoms with van der Waals surface area (Å²) in [5.74, 6) is -0.0894. The Hall–Kier alpha value is -0.216. The SMILES string of the molecule is CCOC(=O)CCN(CCCC[Si](C)(OCC)OCC)[Si](C)(C)C. The number of hydrogen-bond donors (Lipinski definition) is 0. The molecule has 0 rings (SSSR count). The average molecular weight is 378 g/mol. The van der Waals surface area contributed by atoms with Crippen LogP contribution in [0.5, 0.6) is 0 Å². The van der Waals surface area contributed by atoms with Crippen molar-refractivity contribution in [1.82, 2.24) is 4.57 Å². The molecular formula is C17H39NO4Si2. The monoisotopic (exact) mass is 377 g/mol. The zero-order valence-electron chi connectivity index (χ0n) is 16.9. The fourth-order valence-corrected chi connectivity index (χ4v) is 6.88. The number of ether oxygens (including phenoxy) is 1. The summed E-state index contributed by atoms with van der Waals surface area (Å²) in [7, 11) is -3.42. The molecule has 0 aromatic heterocycles. The second-order valence-electron chi connectivity index (χ2n) is 7.17. The molecule has 144 valence electrons. The van der Waals surface area contributed by atoms with E-state index in [0.29, 0.717) is 13.0 Å². The summed E-state index contributed by atoms with van der Waals surface area (Å²) in [6.07, 6.45) is 2.72. The first kappa shape index (κ1) is 23.8. The molecule has 0 aromatic carbocycles. The second-order valence-corrected chi connectivity index (χ2v) is 15.5. The van der Waals surface area contributed by atoms with Crippen LogP contribution in [0.3, 0.4) is 0 Å². The van der Waals surface area contributed by atoms with Gasteiger partial charge in [-0.3, -0.25) is 4.79 Å². The van der Waals surface area contributed by atoms with Crippen LogP contribution in [0.25, 0.3) is 0 Å². The van der Waals surface area contributed by atoms with E-state index in [0.717, 1.165) is 45.2 Å². The van der Waals surface area contributed by atoms with Crippen LogP contribution in [0.2, 0.25) is 32.2 Å². The molecule has 0 aliphatic heterocycles. The molecule has 0 fully saturated rings. The lowest BCUT2D eigenvalue weighted by molar-refractivity contribution is -0.143. The third-order valence-corrected chi connectivity index (χ3v) is 9.45. The quantitative estimate of drug-likeness (QED) is 0.260. The van der Waals surface area contributed by atoms with Gasteiger partial charge in [0, 0.05) is 19.8 Å². The minimum Gasteiger partial charge on any atom is -0.466 e. The van der Waals surface area contributed by atoms with Crippen LogP contribution < -0.4 is 0 Å². The van der Waals surface area contributed by atoms with Crippen LogP contribution in [0.4, 0.5) is 0 Å². The Labute approximate surface area is 151 Å². The summed E-state index contributed by atoms with van der Waals surface area (Å²) >= 11 is 0. The van der Waals surface area contributed by atoms with Crippen LogP contribution >= 0.6 is 0 Å². The first-order chi connectivity index (χ1) is 11.2. The lowest BCUT2D eigenvalue weighted by Crippen LogP contribution is -2.47. The molecule has 0 aliphatic rings. The van der Waals surface area contributed by atoms with Crippen LogP contribution in [0, 0.1) is 0 Å². The molecule has 0 spiro atoms. The molecule has 0 bridgehead atoms. The van der Waals surface area contributed by atoms with Crippen molar-refractivity contribution in [2.75, 3.05) is 32.9 Å². The predicted octanol–water partition coefficient (Wildman–Crippen LogP) is 4.00. The summed E-state index contributed by atoms with van der Waals surface area (Å²) in [5.41, 5.74) is 0. The van der Waals surface area contributed by atoms with Crippen molar-refractivity contribution in [3.05, 3.63) is 0 Å². The molecule has 24 heavy (non-hydrogen) atoms. The van der Waals surface area contributed by atoms with Gasteiger partial charge in [-0.15, -0.1) is 0 Å². The van der Waals surface area contributed by atoms with Crippen molar-refractivity contribution in [3.8, 4) is 0 Å². The van der Waals surface area contributed by atoms with Gasteiger partial charge in [0.05, 0.1) is 13.0 Å². The Kier molecular flexibility index (Phi) is 12.1. The fraction of sp³-hybridized carbons (Fsp3) is 0.941. The maximum absolute atomic E-state index is 11.6. The van der Waals surface area contributed by atoms with Gasteiger partial charge in [0.15, 0.2) is 0 Å². The van der Waals surface area contributed by atoms with Gasteiger partial charge in [0.2, 0.25) is 0 Å². The van der Waals surface area contributed by atoms with Crippen LogP contribution in [-0.4, -0.2) is 60.2 Å². The molecule has 0 radical (unpaired) electrons. The smallest absolute Gasteiger partial charge is 0.334 e. The van der Waals surface area contributed by atoms with Gasteiger partial charge in [0.25, 0.3) is 0 Å². The van der Waals surface area contributed by atoms with Crippen LogP contribution in [-0.2, 0) is 18.4 Å². The predicted molar refractivity (Wildman–Crippen MR) is 105 cm³/mol. The fourth-order valence-electron chi connectivity index (χ4n) is 2.79. The van der Waals surface area contributed by atoms with Gasteiger partial charge < -0.3 is 18.2 Å². The van der Waals surface area contributed by atoms with Crippen molar-refractivity contribution in [2.24, 2.45) is 0 Å². The Morgan fingerprint density at radius 2 is 1.46 bits per heavy atom. The van der Waals surface area contributed by atoms with E-state index in [1.807, 2.05) is 20.8 Å². The zero-order valence-corrected chi connectivity index (χ0v) is 18.9. The second kappa shape index (κ2) is 12.2. The van der Waals surface area contributed by atoms with Crippen molar-refractivity contribution < 1.29 is 18.4 Å². The van der Waals surface area contributed by atoms with E-state index in [4.69, 9.17) is 13.6 Å². The number of hydrogen-bond acceptors (Lipinski definition) is 5. The zero-order chi connectivity index (χ0) is 18.6. The summed E-state index contributed by atoms with van der Waals surface area (Å²) in [6.45, 7) is 18.8. The summed E-state index contributed by atoms with van der Waals surface area (Å²) in [4.78, 5) is 11.6. The van der Waals surface area contributed by atoms with Gasteiger partial charge in [-0.1, -0.05) is 26.1 Å². The Morgan fingerprint density at radius 3 is 1.92 bits per heavy atom. The minimum atomic E-state index is -2.00. The third kappa shape index (κ3) is 10.6. The van der Waals surface area contributed by atoms with Crippen LogP contribution in [0.1, 0.15) is 40.0 Å². The largest absolute Gasteiger partial charge is 0.466 e. The van der Waals surface area contributed by atoms with Gasteiger partial charge in [-0.05, 0) is 46.3 Å². The highest BCUT2D eigenvalue weighted by Gasteiger charge is 2.30. The molecular weight excluding hydrogens is 338 g/mol. The van der Waals surface area contributed by atoms with E-state index in [1.165, 1.54) is 0 Å². The minimum absolute atomic E-state index is 0.0894. The highest BCUT2D eigenvalue weighted by molar-refractivity contribution is 6.73. The maximum Gasteiger partial charge on any atom is 0.334 e. The van der Waals surface area contributed by atoms with Crippen molar-refractivity contribution >= 4 is 22.8 Å². The molecule has 0 heterocycles. The molecule has 0 aliphatic carbocycles. The number of unbranched alkanes of at least 4 members (excludes halogenated alkanes) is 1. The Bertz CT molecular complexity index is 342. The molecule has 0 amide bonds. The standard InChI is InChI=1S/C17H39NO4Si2/c1-8-20-17(19)13-15-18(23(4,5)6)14-11-12-16-24(7,21-9-2)22-10-3/h8-16H2,1-7H3. The molecule has 0 saturated heterocycles. The molecule has 0 saturated carbocycles. The molecule has 7 heteroatoms. The van der Waals surface area contributed by atoms with E-state index < -0.39 is 16.8 Å². The van der Waals surface area contributed by atoms with Crippen LogP contribution in [0.15, 0.2) is 0 Å². The van der Waals surface area contributed by atoms with Gasteiger partial charge >= 0.3 is 14.5 Å². The van der Waals surface area contributed by atoms with Crippen molar-refractivity contribution in [2.45, 2.75) is 72.3 Å². The van der Waals surface area contributed by atoms with E-state index >= 15 is 0 Å². The Balaban J connectivity index is 4.34. The summed E-state index contributed by atoms with van der Waals surface area (Å²) < 4.78 is 19.4. The van der Waals surface area contributed by atoms with E-state index in [-0.39, 0.29) is 5.97 Å². The number of rotatable bonds is 14. The number of esters is 1. The summed E-state index contributed by atoms with van der Waals surface area (Å²) in [5, 5.41) is 0. The molecule has 0 unspecified atom stereocenters. The average Bonchev–Trinajstić information content (AvgIpc) is 2.45. The van der Waals surface area contributed by atoms with Gasteiger partial charge in [-0.25, -0.2) is 0 Å². The van der Waals surface area contributed by atoms with E-state index in [2.05, 4.69) is 30.8 Å². The molecule has 0 N–H and O–H groups in total. The van der Waals surface area contributed by atoms with Crippen molar-refractivity contribution in [3.63, 3.8) is 0 Å². The first-order valence-electron chi connectivity index (χ1n) is 9.37. The highest BCUT2D eigenvalue weighted by Crippen LogP contribution is 2.19. The van der Waals surface area contributed by atoms with Gasteiger partial charge in [-0.2, -0.15) is 0 Å². The molecule has 0 aromatic rings. The first-order valence-corrected chi connectivity index (χ1v) is 15.3. The molecule has 0 atom stereocenters. The highest BCUT2D eigenvalue weighted by atomic mass is 28.4. The maximum atomic E-state index is 11.6. The molecule has 5 nitrogen and oxygen atoms in total. The lowest BCUT2D eigenvalue weighted by Gasteiger charge is -2.34. The van der Waals surface area contributed by atoms with Crippen molar-refractivity contribution in [1.29, 1.82) is 0 Å². The summed E-state index contributed by atoms with van der Waals surface area (Å²) in [6, 6.07) is 1.03. The Morgan fingerprint density at radius 1 is 0.875 bits per heavy atom. The topological polar surface area (TPSA) is 48.0 Å². The number of carbonyl (C=O) groups excluding carboxylic acids is 1. The van der Waals surface area contributed by atoms with E-state index in [1.54, 1.807) is 0 Å².